The van der Waals surface area contributed by atoms with E-state index in [9.17, 15) is 10.1 Å². The number of pyridine rings is 1. The molecule has 156 valence electrons. The van der Waals surface area contributed by atoms with E-state index < -0.39 is 7.12 Å². The van der Waals surface area contributed by atoms with E-state index in [2.05, 4.69) is 41.3 Å². The molecule has 2 heterocycles. The molecule has 0 aliphatic carbocycles. The second-order valence-corrected chi connectivity index (χ2v) is 8.70. The Morgan fingerprint density at radius 2 is 2.17 bits per heavy atom. The van der Waals surface area contributed by atoms with Gasteiger partial charge in [0.1, 0.15) is 5.75 Å². The van der Waals surface area contributed by atoms with Crippen molar-refractivity contribution in [1.29, 1.82) is 0 Å². The quantitative estimate of drug-likeness (QED) is 0.498. The van der Waals surface area contributed by atoms with Crippen molar-refractivity contribution < 1.29 is 14.8 Å². The molecule has 0 saturated heterocycles. The SMILES string of the molecule is C=C(C1=CCB(O)OC1CC/C(=C/c1cc(Br)ccc1O)c1ccccn1)C(C)C. The number of benzene rings is 1. The fraction of sp³-hybridized carbons (Fsp3) is 0.292. The molecular formula is C24H27BBrNO3. The van der Waals surface area contributed by atoms with Gasteiger partial charge in [0.05, 0.1) is 11.8 Å². The summed E-state index contributed by atoms with van der Waals surface area (Å²) in [5, 5.41) is 20.3. The molecule has 0 amide bonds. The smallest absolute Gasteiger partial charge is 0.458 e. The second-order valence-electron chi connectivity index (χ2n) is 7.78. The van der Waals surface area contributed by atoms with Crippen LogP contribution in [0.25, 0.3) is 11.6 Å². The first-order valence-electron chi connectivity index (χ1n) is 10.2. The molecule has 6 heteroatoms. The number of rotatable bonds is 7. The highest BCUT2D eigenvalue weighted by Gasteiger charge is 2.29. The van der Waals surface area contributed by atoms with E-state index in [1.807, 2.05) is 36.4 Å². The normalized spacial score (nSPS) is 17.2. The van der Waals surface area contributed by atoms with E-state index in [1.54, 1.807) is 18.3 Å². The van der Waals surface area contributed by atoms with Crippen LogP contribution in [0.3, 0.4) is 0 Å². The number of hydrogen-bond acceptors (Lipinski definition) is 4. The van der Waals surface area contributed by atoms with E-state index in [0.29, 0.717) is 25.1 Å². The zero-order valence-corrected chi connectivity index (χ0v) is 19.0. The maximum absolute atomic E-state index is 10.3. The number of allylic oxidation sites excluding steroid dienone is 2. The minimum absolute atomic E-state index is 0.213. The van der Waals surface area contributed by atoms with Crippen LogP contribution >= 0.6 is 15.9 Å². The molecular weight excluding hydrogens is 441 g/mol. The Bertz CT molecular complexity index is 956. The summed E-state index contributed by atoms with van der Waals surface area (Å²) in [6.07, 6.45) is 7.36. The van der Waals surface area contributed by atoms with E-state index in [1.165, 1.54) is 0 Å². The summed E-state index contributed by atoms with van der Waals surface area (Å²) in [7, 11) is -0.796. The van der Waals surface area contributed by atoms with Gasteiger partial charge in [-0.25, -0.2) is 0 Å². The molecule has 0 radical (unpaired) electrons. The van der Waals surface area contributed by atoms with Crippen LogP contribution in [-0.2, 0) is 4.65 Å². The van der Waals surface area contributed by atoms with Crippen LogP contribution in [0.4, 0.5) is 0 Å². The molecule has 1 aromatic carbocycles. The van der Waals surface area contributed by atoms with Crippen LogP contribution in [0.15, 0.2) is 70.9 Å². The summed E-state index contributed by atoms with van der Waals surface area (Å²) in [6, 6.07) is 11.1. The summed E-state index contributed by atoms with van der Waals surface area (Å²) in [5.41, 5.74) is 4.67. The lowest BCUT2D eigenvalue weighted by molar-refractivity contribution is 0.183. The van der Waals surface area contributed by atoms with E-state index in [-0.39, 0.29) is 11.9 Å². The van der Waals surface area contributed by atoms with Gasteiger partial charge >= 0.3 is 7.12 Å². The summed E-state index contributed by atoms with van der Waals surface area (Å²) >= 11 is 3.47. The van der Waals surface area contributed by atoms with Crippen LogP contribution < -0.4 is 0 Å². The van der Waals surface area contributed by atoms with Crippen molar-refractivity contribution >= 4 is 34.7 Å². The molecule has 2 N–H and O–H groups in total. The molecule has 2 aromatic rings. The molecule has 0 fully saturated rings. The number of hydrogen-bond donors (Lipinski definition) is 2. The minimum atomic E-state index is -0.796. The minimum Gasteiger partial charge on any atom is -0.507 e. The van der Waals surface area contributed by atoms with Crippen LogP contribution in [0.2, 0.25) is 6.32 Å². The Kier molecular flexibility index (Phi) is 7.70. The highest BCUT2D eigenvalue weighted by molar-refractivity contribution is 9.10. The average molecular weight is 468 g/mol. The number of halogens is 1. The van der Waals surface area contributed by atoms with E-state index >= 15 is 0 Å². The van der Waals surface area contributed by atoms with Crippen molar-refractivity contribution in [3.05, 3.63) is 82.1 Å². The number of aromatic hydroxyl groups is 1. The highest BCUT2D eigenvalue weighted by Crippen LogP contribution is 2.33. The lowest BCUT2D eigenvalue weighted by atomic mass is 9.76. The number of phenols is 1. The topological polar surface area (TPSA) is 62.6 Å². The second kappa shape index (κ2) is 10.2. The molecule has 1 unspecified atom stereocenters. The van der Waals surface area contributed by atoms with Crippen molar-refractivity contribution in [3.63, 3.8) is 0 Å². The molecule has 3 rings (SSSR count). The van der Waals surface area contributed by atoms with Gasteiger partial charge in [0.25, 0.3) is 0 Å². The fourth-order valence-electron chi connectivity index (χ4n) is 3.51. The lowest BCUT2D eigenvalue weighted by Crippen LogP contribution is -2.32. The van der Waals surface area contributed by atoms with Crippen LogP contribution in [0.5, 0.6) is 5.75 Å². The summed E-state index contributed by atoms with van der Waals surface area (Å²) in [6.45, 7) is 8.46. The van der Waals surface area contributed by atoms with E-state index in [0.717, 1.165) is 32.4 Å². The predicted octanol–water partition coefficient (Wildman–Crippen LogP) is 5.89. The Balaban J connectivity index is 1.89. The number of phenolic OH excluding ortho intramolecular Hbond substituents is 1. The Labute approximate surface area is 187 Å². The average Bonchev–Trinajstić information content (AvgIpc) is 2.73. The molecule has 4 nitrogen and oxygen atoms in total. The fourth-order valence-corrected chi connectivity index (χ4v) is 3.89. The van der Waals surface area contributed by atoms with Gasteiger partial charge in [0, 0.05) is 22.6 Å². The molecule has 0 spiro atoms. The molecule has 1 aliphatic rings. The van der Waals surface area contributed by atoms with E-state index in [4.69, 9.17) is 4.65 Å². The Morgan fingerprint density at radius 1 is 1.37 bits per heavy atom. The molecule has 1 atom stereocenters. The van der Waals surface area contributed by atoms with Crippen LogP contribution in [0.1, 0.15) is 37.9 Å². The molecule has 0 bridgehead atoms. The zero-order chi connectivity index (χ0) is 21.7. The maximum Gasteiger partial charge on any atom is 0.458 e. The highest BCUT2D eigenvalue weighted by atomic mass is 79.9. The monoisotopic (exact) mass is 467 g/mol. The largest absolute Gasteiger partial charge is 0.507 e. The van der Waals surface area contributed by atoms with Crippen LogP contribution in [0, 0.1) is 5.92 Å². The van der Waals surface area contributed by atoms with Crippen molar-refractivity contribution in [1.82, 2.24) is 4.98 Å². The first-order valence-corrected chi connectivity index (χ1v) is 11.0. The van der Waals surface area contributed by atoms with Gasteiger partial charge in [0.15, 0.2) is 0 Å². The molecule has 30 heavy (non-hydrogen) atoms. The van der Waals surface area contributed by atoms with Gasteiger partial charge in [-0.2, -0.15) is 0 Å². The van der Waals surface area contributed by atoms with Gasteiger partial charge in [-0.15, -0.1) is 0 Å². The standard InChI is InChI=1S/C24H27BBrNO3/c1-16(2)17(3)21-11-12-25(29)30-24(21)10-7-18(22-6-4-5-13-27-22)14-19-15-20(26)8-9-23(19)28/h4-6,8-9,11,13-16,24,28-29H,3,7,10,12H2,1-2H3/b18-14-. The summed E-state index contributed by atoms with van der Waals surface area (Å²) < 4.78 is 6.76. The van der Waals surface area contributed by atoms with Gasteiger partial charge in [0.2, 0.25) is 0 Å². The summed E-state index contributed by atoms with van der Waals surface area (Å²) in [5.74, 6) is 0.520. The molecule has 1 aromatic heterocycles. The third-order valence-electron chi connectivity index (χ3n) is 5.26. The Morgan fingerprint density at radius 3 is 2.87 bits per heavy atom. The third kappa shape index (κ3) is 5.72. The van der Waals surface area contributed by atoms with Crippen molar-refractivity contribution in [2.24, 2.45) is 5.92 Å². The van der Waals surface area contributed by atoms with Crippen molar-refractivity contribution in [2.45, 2.75) is 39.1 Å². The van der Waals surface area contributed by atoms with Crippen molar-refractivity contribution in [2.75, 3.05) is 0 Å². The maximum atomic E-state index is 10.3. The number of nitrogens with zero attached hydrogens (tertiary/aromatic N) is 1. The first-order chi connectivity index (χ1) is 14.3. The molecule has 0 saturated carbocycles. The van der Waals surface area contributed by atoms with Gasteiger partial charge in [-0.3, -0.25) is 4.98 Å². The lowest BCUT2D eigenvalue weighted by Gasteiger charge is -2.29. The van der Waals surface area contributed by atoms with Crippen molar-refractivity contribution in [3.8, 4) is 5.75 Å². The first kappa shape index (κ1) is 22.5. The summed E-state index contributed by atoms with van der Waals surface area (Å²) in [4.78, 5) is 4.50. The van der Waals surface area contributed by atoms with Gasteiger partial charge in [-0.1, -0.05) is 48.5 Å². The predicted molar refractivity (Wildman–Crippen MR) is 127 cm³/mol. The third-order valence-corrected chi connectivity index (χ3v) is 5.76. The van der Waals surface area contributed by atoms with Gasteiger partial charge < -0.3 is 14.8 Å². The zero-order valence-electron chi connectivity index (χ0n) is 17.4. The van der Waals surface area contributed by atoms with Crippen LogP contribution in [-0.4, -0.2) is 28.3 Å². The van der Waals surface area contributed by atoms with Gasteiger partial charge in [-0.05, 0) is 71.9 Å². The Hall–Kier alpha value is -2.15. The molecule has 1 aliphatic heterocycles. The number of aromatic nitrogens is 1.